The van der Waals surface area contributed by atoms with E-state index in [4.69, 9.17) is 0 Å². The van der Waals surface area contributed by atoms with E-state index in [-0.39, 0.29) is 11.9 Å². The van der Waals surface area contributed by atoms with Crippen LogP contribution in [0.1, 0.15) is 51.9 Å². The molecule has 0 atom stereocenters. The molecule has 0 aliphatic heterocycles. The van der Waals surface area contributed by atoms with Gasteiger partial charge >= 0.3 is 0 Å². The van der Waals surface area contributed by atoms with Crippen molar-refractivity contribution in [3.8, 4) is 0 Å². The van der Waals surface area contributed by atoms with Crippen molar-refractivity contribution >= 4 is 5.91 Å². The number of carbonyl (C=O) groups excluding carboxylic acids is 1. The minimum absolute atomic E-state index is 0.0697. The van der Waals surface area contributed by atoms with Crippen molar-refractivity contribution in [1.82, 2.24) is 5.01 Å². The Balaban J connectivity index is 2.50. The zero-order valence-electron chi connectivity index (χ0n) is 8.74. The van der Waals surface area contributed by atoms with E-state index >= 15 is 0 Å². The zero-order valence-corrected chi connectivity index (χ0v) is 8.74. The van der Waals surface area contributed by atoms with Crippen LogP contribution in [0.3, 0.4) is 0 Å². The van der Waals surface area contributed by atoms with Crippen LogP contribution in [0.25, 0.3) is 0 Å². The van der Waals surface area contributed by atoms with Crippen LogP contribution < -0.4 is 0 Å². The molecule has 14 heavy (non-hydrogen) atoms. The Morgan fingerprint density at radius 2 is 2.00 bits per heavy atom. The van der Waals surface area contributed by atoms with E-state index in [1.807, 2.05) is 6.92 Å². The molecule has 0 radical (unpaired) electrons. The van der Waals surface area contributed by atoms with Crippen LogP contribution in [0.5, 0.6) is 0 Å². The maximum absolute atomic E-state index is 11.5. The van der Waals surface area contributed by atoms with Crippen LogP contribution in [0, 0.1) is 4.91 Å². The third kappa shape index (κ3) is 2.79. The summed E-state index contributed by atoms with van der Waals surface area (Å²) >= 11 is 0. The number of carbonyl (C=O) groups is 1. The summed E-state index contributed by atoms with van der Waals surface area (Å²) in [4.78, 5) is 22.1. The number of amides is 1. The highest BCUT2D eigenvalue weighted by atomic mass is 16.3. The fraction of sp³-hybridized carbons (Fsp3) is 0.900. The van der Waals surface area contributed by atoms with Gasteiger partial charge in [-0.15, -0.1) is 4.91 Å². The van der Waals surface area contributed by atoms with E-state index in [1.165, 1.54) is 11.4 Å². The second kappa shape index (κ2) is 5.73. The molecule has 1 saturated carbocycles. The van der Waals surface area contributed by atoms with Gasteiger partial charge in [-0.3, -0.25) is 4.79 Å². The molecule has 80 valence electrons. The summed E-state index contributed by atoms with van der Waals surface area (Å²) in [5.74, 6) is -0.116. The van der Waals surface area contributed by atoms with Gasteiger partial charge in [-0.25, -0.2) is 0 Å². The Morgan fingerprint density at radius 1 is 1.36 bits per heavy atom. The van der Waals surface area contributed by atoms with Crippen molar-refractivity contribution in [2.45, 2.75) is 57.9 Å². The summed E-state index contributed by atoms with van der Waals surface area (Å²) in [5, 5.41) is 4.03. The summed E-state index contributed by atoms with van der Waals surface area (Å²) in [6.45, 7) is 1.93. The molecule has 0 aromatic carbocycles. The van der Waals surface area contributed by atoms with E-state index in [9.17, 15) is 9.70 Å². The second-order valence-corrected chi connectivity index (χ2v) is 3.86. The third-order valence-electron chi connectivity index (χ3n) is 2.73. The minimum Gasteiger partial charge on any atom is -0.273 e. The molecule has 1 aliphatic carbocycles. The Morgan fingerprint density at radius 3 is 2.50 bits per heavy atom. The van der Waals surface area contributed by atoms with Crippen molar-refractivity contribution < 1.29 is 4.79 Å². The molecule has 0 aromatic rings. The van der Waals surface area contributed by atoms with Crippen molar-refractivity contribution in [3.05, 3.63) is 4.91 Å². The summed E-state index contributed by atoms with van der Waals surface area (Å²) in [5.41, 5.74) is 0. The first kappa shape index (κ1) is 11.1. The van der Waals surface area contributed by atoms with Crippen molar-refractivity contribution in [2.24, 2.45) is 5.29 Å². The van der Waals surface area contributed by atoms with E-state index in [1.54, 1.807) is 0 Å². The fourth-order valence-electron chi connectivity index (χ4n) is 1.97. The number of hydrogen-bond donors (Lipinski definition) is 0. The molecule has 0 N–H and O–H groups in total. The lowest BCUT2D eigenvalue weighted by molar-refractivity contribution is -0.134. The summed E-state index contributed by atoms with van der Waals surface area (Å²) < 4.78 is 0. The van der Waals surface area contributed by atoms with Gasteiger partial charge in [-0.1, -0.05) is 26.2 Å². The average molecular weight is 198 g/mol. The second-order valence-electron chi connectivity index (χ2n) is 3.86. The van der Waals surface area contributed by atoms with E-state index in [0.29, 0.717) is 6.42 Å². The SMILES string of the molecule is CCCC(=O)N(N=O)C1CCCCC1. The van der Waals surface area contributed by atoms with Gasteiger partial charge in [0.2, 0.25) is 5.91 Å². The molecule has 4 nitrogen and oxygen atoms in total. The Hall–Kier alpha value is -0.930. The number of rotatable bonds is 4. The molecule has 4 heteroatoms. The first-order chi connectivity index (χ1) is 6.79. The highest BCUT2D eigenvalue weighted by Crippen LogP contribution is 2.23. The molecule has 1 fully saturated rings. The van der Waals surface area contributed by atoms with Crippen molar-refractivity contribution in [2.75, 3.05) is 0 Å². The molecule has 1 amide bonds. The summed E-state index contributed by atoms with van der Waals surface area (Å²) in [6.07, 6.45) is 6.50. The molecular formula is C10H18N2O2. The quantitative estimate of drug-likeness (QED) is 0.515. The van der Waals surface area contributed by atoms with Gasteiger partial charge in [0.25, 0.3) is 0 Å². The van der Waals surface area contributed by atoms with Gasteiger partial charge in [0.05, 0.1) is 11.3 Å². The van der Waals surface area contributed by atoms with Crippen LogP contribution in [-0.2, 0) is 4.79 Å². The third-order valence-corrected chi connectivity index (χ3v) is 2.73. The monoisotopic (exact) mass is 198 g/mol. The van der Waals surface area contributed by atoms with Crippen LogP contribution in [0.2, 0.25) is 0 Å². The van der Waals surface area contributed by atoms with E-state index in [0.717, 1.165) is 32.1 Å². The van der Waals surface area contributed by atoms with Crippen LogP contribution in [0.4, 0.5) is 0 Å². The van der Waals surface area contributed by atoms with Gasteiger partial charge in [0.1, 0.15) is 0 Å². The lowest BCUT2D eigenvalue weighted by Gasteiger charge is -2.27. The standard InChI is InChI=1S/C10H18N2O2/c1-2-6-10(13)12(11-14)9-7-4-3-5-8-9/h9H,2-8H2,1H3. The predicted molar refractivity (Wildman–Crippen MR) is 54.4 cm³/mol. The first-order valence-corrected chi connectivity index (χ1v) is 5.45. The maximum Gasteiger partial charge on any atom is 0.245 e. The fourth-order valence-corrected chi connectivity index (χ4v) is 1.97. The van der Waals surface area contributed by atoms with E-state index < -0.39 is 0 Å². The zero-order chi connectivity index (χ0) is 10.4. The molecular weight excluding hydrogens is 180 g/mol. The Labute approximate surface area is 84.6 Å². The number of nitroso groups, excluding NO2 is 1. The highest BCUT2D eigenvalue weighted by molar-refractivity contribution is 5.76. The number of nitrogens with zero attached hydrogens (tertiary/aromatic N) is 2. The van der Waals surface area contributed by atoms with Gasteiger partial charge in [-0.2, -0.15) is 5.01 Å². The van der Waals surface area contributed by atoms with Gasteiger partial charge in [0, 0.05) is 6.42 Å². The topological polar surface area (TPSA) is 49.7 Å². The molecule has 1 rings (SSSR count). The smallest absolute Gasteiger partial charge is 0.245 e. The maximum atomic E-state index is 11.5. The van der Waals surface area contributed by atoms with Gasteiger partial charge < -0.3 is 0 Å². The van der Waals surface area contributed by atoms with Gasteiger partial charge in [0.15, 0.2) is 0 Å². The lowest BCUT2D eigenvalue weighted by atomic mass is 9.95. The Bertz CT molecular complexity index is 200. The minimum atomic E-state index is -0.116. The summed E-state index contributed by atoms with van der Waals surface area (Å²) in [7, 11) is 0. The molecule has 0 bridgehead atoms. The molecule has 0 spiro atoms. The molecule has 1 aliphatic rings. The van der Waals surface area contributed by atoms with Crippen LogP contribution in [-0.4, -0.2) is 17.0 Å². The summed E-state index contributed by atoms with van der Waals surface area (Å²) in [6, 6.07) is 0.0697. The number of hydrogen-bond acceptors (Lipinski definition) is 3. The highest BCUT2D eigenvalue weighted by Gasteiger charge is 2.25. The van der Waals surface area contributed by atoms with Crippen molar-refractivity contribution in [1.29, 1.82) is 0 Å². The molecule has 0 saturated heterocycles. The van der Waals surface area contributed by atoms with Crippen molar-refractivity contribution in [3.63, 3.8) is 0 Å². The van der Waals surface area contributed by atoms with Gasteiger partial charge in [-0.05, 0) is 19.3 Å². The van der Waals surface area contributed by atoms with Crippen LogP contribution in [0.15, 0.2) is 5.29 Å². The largest absolute Gasteiger partial charge is 0.273 e. The average Bonchev–Trinajstić information content (AvgIpc) is 2.21. The first-order valence-electron chi connectivity index (χ1n) is 5.45. The molecule has 0 aromatic heterocycles. The predicted octanol–water partition coefficient (Wildman–Crippen LogP) is 2.63. The normalized spacial score (nSPS) is 17.8. The van der Waals surface area contributed by atoms with E-state index in [2.05, 4.69) is 5.29 Å². The Kier molecular flexibility index (Phi) is 4.56. The van der Waals surface area contributed by atoms with Crippen LogP contribution >= 0.6 is 0 Å². The molecule has 0 heterocycles. The molecule has 0 unspecified atom stereocenters. The lowest BCUT2D eigenvalue weighted by Crippen LogP contribution is -2.36.